The molecule has 1 amide bonds. The summed E-state index contributed by atoms with van der Waals surface area (Å²) in [5.41, 5.74) is 0.485. The van der Waals surface area contributed by atoms with Gasteiger partial charge in [-0.05, 0) is 25.0 Å². The van der Waals surface area contributed by atoms with Gasteiger partial charge in [0.2, 0.25) is 0 Å². The molecule has 2 aromatic heterocycles. The van der Waals surface area contributed by atoms with Crippen molar-refractivity contribution in [3.63, 3.8) is 0 Å². The Morgan fingerprint density at radius 2 is 2.28 bits per heavy atom. The van der Waals surface area contributed by atoms with Crippen molar-refractivity contribution in [1.29, 1.82) is 0 Å². The fraction of sp³-hybridized carbons (Fsp3) is 0.385. The second kappa shape index (κ2) is 4.94. The van der Waals surface area contributed by atoms with E-state index in [1.54, 1.807) is 11.6 Å². The van der Waals surface area contributed by atoms with Gasteiger partial charge in [-0.2, -0.15) is 0 Å². The third-order valence-electron chi connectivity index (χ3n) is 3.16. The smallest absolute Gasteiger partial charge is 0.270 e. The average molecular weight is 262 g/mol. The summed E-state index contributed by atoms with van der Waals surface area (Å²) in [6.07, 6.45) is 6.19. The Hall–Kier alpha value is -1.62. The fourth-order valence-corrected chi connectivity index (χ4v) is 2.99. The molecule has 18 heavy (non-hydrogen) atoms. The third-order valence-corrected chi connectivity index (χ3v) is 4.02. The molecule has 0 aliphatic heterocycles. The number of hydrogen-bond donors (Lipinski definition) is 1. The maximum atomic E-state index is 12.0. The molecule has 1 aliphatic rings. The number of thiazole rings is 1. The molecule has 1 fully saturated rings. The van der Waals surface area contributed by atoms with E-state index in [9.17, 15) is 4.79 Å². The molecule has 2 heterocycles. The van der Waals surface area contributed by atoms with Gasteiger partial charge < -0.3 is 9.73 Å². The summed E-state index contributed by atoms with van der Waals surface area (Å²) in [6, 6.07) is 3.98. The van der Waals surface area contributed by atoms with Gasteiger partial charge >= 0.3 is 0 Å². The van der Waals surface area contributed by atoms with Crippen LogP contribution in [0.5, 0.6) is 0 Å². The molecule has 2 aromatic rings. The first-order chi connectivity index (χ1) is 8.83. The number of furan rings is 1. The van der Waals surface area contributed by atoms with Crippen LogP contribution in [0.2, 0.25) is 0 Å². The van der Waals surface area contributed by atoms with Crippen LogP contribution in [0.1, 0.15) is 36.2 Å². The minimum Gasteiger partial charge on any atom is -0.462 e. The lowest BCUT2D eigenvalue weighted by Crippen LogP contribution is -2.32. The summed E-state index contributed by atoms with van der Waals surface area (Å²) in [6.45, 7) is 0. The number of rotatable bonds is 3. The predicted molar refractivity (Wildman–Crippen MR) is 69.5 cm³/mol. The minimum atomic E-state index is -0.0732. The highest BCUT2D eigenvalue weighted by Crippen LogP contribution is 2.24. The van der Waals surface area contributed by atoms with E-state index in [1.807, 2.05) is 12.1 Å². The molecule has 0 aromatic carbocycles. The predicted octanol–water partition coefficient (Wildman–Crippen LogP) is 3.08. The molecule has 1 saturated carbocycles. The largest absolute Gasteiger partial charge is 0.462 e. The Labute approximate surface area is 109 Å². The fourth-order valence-electron chi connectivity index (χ4n) is 2.22. The van der Waals surface area contributed by atoms with Crippen molar-refractivity contribution in [2.45, 2.75) is 31.7 Å². The second-order valence-electron chi connectivity index (χ2n) is 4.47. The van der Waals surface area contributed by atoms with E-state index in [-0.39, 0.29) is 5.91 Å². The zero-order valence-electron chi connectivity index (χ0n) is 9.89. The highest BCUT2D eigenvalue weighted by molar-refractivity contribution is 7.13. The summed E-state index contributed by atoms with van der Waals surface area (Å²) in [7, 11) is 0. The van der Waals surface area contributed by atoms with Gasteiger partial charge in [0.05, 0.1) is 6.26 Å². The van der Waals surface area contributed by atoms with Gasteiger partial charge in [0.15, 0.2) is 10.8 Å². The standard InChI is InChI=1S/C13H14N2O2S/c16-12(14-9-4-1-2-5-9)10-8-18-13(15-10)11-6-3-7-17-11/h3,6-9H,1-2,4-5H2,(H,14,16). The second-order valence-corrected chi connectivity index (χ2v) is 5.33. The van der Waals surface area contributed by atoms with E-state index < -0.39 is 0 Å². The van der Waals surface area contributed by atoms with Crippen molar-refractivity contribution in [2.75, 3.05) is 0 Å². The molecule has 1 N–H and O–H groups in total. The van der Waals surface area contributed by atoms with Crippen LogP contribution in [0.25, 0.3) is 10.8 Å². The number of hydrogen-bond acceptors (Lipinski definition) is 4. The first-order valence-electron chi connectivity index (χ1n) is 6.13. The van der Waals surface area contributed by atoms with Crippen molar-refractivity contribution in [2.24, 2.45) is 0 Å². The van der Waals surface area contributed by atoms with E-state index in [0.717, 1.165) is 17.8 Å². The average Bonchev–Trinajstić information content (AvgIpc) is 3.11. The molecule has 4 nitrogen and oxygen atoms in total. The van der Waals surface area contributed by atoms with E-state index in [4.69, 9.17) is 4.42 Å². The molecule has 0 unspecified atom stereocenters. The van der Waals surface area contributed by atoms with Gasteiger partial charge in [0.25, 0.3) is 5.91 Å². The van der Waals surface area contributed by atoms with Crippen LogP contribution in [0.15, 0.2) is 28.2 Å². The van der Waals surface area contributed by atoms with Crippen molar-refractivity contribution in [1.82, 2.24) is 10.3 Å². The highest BCUT2D eigenvalue weighted by Gasteiger charge is 2.20. The van der Waals surface area contributed by atoms with Crippen molar-refractivity contribution >= 4 is 17.2 Å². The maximum Gasteiger partial charge on any atom is 0.270 e. The normalized spacial score (nSPS) is 16.0. The van der Waals surface area contributed by atoms with Crippen LogP contribution in [0, 0.1) is 0 Å². The summed E-state index contributed by atoms with van der Waals surface area (Å²) < 4.78 is 5.26. The van der Waals surface area contributed by atoms with E-state index >= 15 is 0 Å². The van der Waals surface area contributed by atoms with Crippen LogP contribution < -0.4 is 5.32 Å². The number of aromatic nitrogens is 1. The van der Waals surface area contributed by atoms with Crippen molar-refractivity contribution < 1.29 is 9.21 Å². The Morgan fingerprint density at radius 3 is 3.00 bits per heavy atom. The van der Waals surface area contributed by atoms with E-state index in [1.165, 1.54) is 24.2 Å². The number of carbonyl (C=O) groups excluding carboxylic acids is 1. The summed E-state index contributed by atoms with van der Waals surface area (Å²) in [5.74, 6) is 0.635. The van der Waals surface area contributed by atoms with Gasteiger partial charge in [0, 0.05) is 11.4 Å². The van der Waals surface area contributed by atoms with Crippen molar-refractivity contribution in [3.05, 3.63) is 29.5 Å². The zero-order valence-corrected chi connectivity index (χ0v) is 10.7. The first kappa shape index (κ1) is 11.5. The first-order valence-corrected chi connectivity index (χ1v) is 7.01. The van der Waals surface area contributed by atoms with Gasteiger partial charge in [0.1, 0.15) is 5.69 Å². The SMILES string of the molecule is O=C(NC1CCCC1)c1csc(-c2ccco2)n1. The number of amides is 1. The van der Waals surface area contributed by atoms with Crippen LogP contribution in [-0.4, -0.2) is 16.9 Å². The van der Waals surface area contributed by atoms with Gasteiger partial charge in [-0.3, -0.25) is 4.79 Å². The number of carbonyl (C=O) groups is 1. The molecule has 0 radical (unpaired) electrons. The minimum absolute atomic E-state index is 0.0732. The monoisotopic (exact) mass is 262 g/mol. The van der Waals surface area contributed by atoms with Gasteiger partial charge in [-0.1, -0.05) is 12.8 Å². The Balaban J connectivity index is 1.70. The molecule has 94 valence electrons. The van der Waals surface area contributed by atoms with Gasteiger partial charge in [-0.25, -0.2) is 4.98 Å². The maximum absolute atomic E-state index is 12.0. The summed E-state index contributed by atoms with van der Waals surface area (Å²) in [4.78, 5) is 16.3. The van der Waals surface area contributed by atoms with E-state index in [2.05, 4.69) is 10.3 Å². The molecule has 0 spiro atoms. The van der Waals surface area contributed by atoms with Gasteiger partial charge in [-0.15, -0.1) is 11.3 Å². The molecule has 3 rings (SSSR count). The molecule has 1 aliphatic carbocycles. The third kappa shape index (κ3) is 2.31. The lowest BCUT2D eigenvalue weighted by molar-refractivity contribution is 0.0933. The highest BCUT2D eigenvalue weighted by atomic mass is 32.1. The molecular formula is C13H14N2O2S. The Morgan fingerprint density at radius 1 is 1.44 bits per heavy atom. The van der Waals surface area contributed by atoms with Crippen molar-refractivity contribution in [3.8, 4) is 10.8 Å². The number of nitrogens with one attached hydrogen (secondary N) is 1. The van der Waals surface area contributed by atoms with E-state index in [0.29, 0.717) is 17.5 Å². The lowest BCUT2D eigenvalue weighted by atomic mass is 10.2. The summed E-state index contributed by atoms with van der Waals surface area (Å²) >= 11 is 1.43. The van der Waals surface area contributed by atoms with Crippen LogP contribution in [-0.2, 0) is 0 Å². The van der Waals surface area contributed by atoms with Crippen LogP contribution >= 0.6 is 11.3 Å². The zero-order chi connectivity index (χ0) is 12.4. The molecular weight excluding hydrogens is 248 g/mol. The lowest BCUT2D eigenvalue weighted by Gasteiger charge is -2.09. The Kier molecular flexibility index (Phi) is 3.15. The Bertz CT molecular complexity index is 527. The van der Waals surface area contributed by atoms with Crippen LogP contribution in [0.4, 0.5) is 0 Å². The molecule has 0 bridgehead atoms. The molecule has 0 saturated heterocycles. The quantitative estimate of drug-likeness (QED) is 0.924. The molecule has 0 atom stereocenters. The van der Waals surface area contributed by atoms with Crippen LogP contribution in [0.3, 0.4) is 0 Å². The molecule has 5 heteroatoms. The topological polar surface area (TPSA) is 55.1 Å². The number of nitrogens with zero attached hydrogens (tertiary/aromatic N) is 1. The summed E-state index contributed by atoms with van der Waals surface area (Å²) in [5, 5.41) is 5.56.